The molecule has 0 aromatic heterocycles. The van der Waals surface area contributed by atoms with Gasteiger partial charge in [0.2, 0.25) is 0 Å². The lowest BCUT2D eigenvalue weighted by Gasteiger charge is -2.13. The van der Waals surface area contributed by atoms with E-state index in [-0.39, 0.29) is 12.0 Å². The molecule has 1 unspecified atom stereocenters. The van der Waals surface area contributed by atoms with E-state index in [0.717, 1.165) is 6.42 Å². The summed E-state index contributed by atoms with van der Waals surface area (Å²) in [7, 11) is 0. The molecule has 0 aliphatic carbocycles. The number of benzene rings is 2. The highest BCUT2D eigenvalue weighted by Crippen LogP contribution is 2.18. The highest BCUT2D eigenvalue weighted by molar-refractivity contribution is 6.30. The van der Waals surface area contributed by atoms with Gasteiger partial charge < -0.3 is 10.1 Å². The van der Waals surface area contributed by atoms with Crippen LogP contribution in [-0.4, -0.2) is 12.0 Å². The Balaban J connectivity index is 2.08. The second kappa shape index (κ2) is 7.14. The van der Waals surface area contributed by atoms with Gasteiger partial charge in [0.1, 0.15) is 5.75 Å². The summed E-state index contributed by atoms with van der Waals surface area (Å²) in [6, 6.07) is 14.2. The fourth-order valence-electron chi connectivity index (χ4n) is 1.76. The summed E-state index contributed by atoms with van der Waals surface area (Å²) in [6.45, 7) is 4.06. The zero-order chi connectivity index (χ0) is 15.2. The van der Waals surface area contributed by atoms with Crippen LogP contribution in [0.1, 0.15) is 30.6 Å². The summed E-state index contributed by atoms with van der Waals surface area (Å²) < 4.78 is 5.72. The van der Waals surface area contributed by atoms with Gasteiger partial charge in [-0.15, -0.1) is 0 Å². The standard InChI is InChI=1S/C17H18ClNO2/c1-3-12(2)21-16-6-4-5-13(11-16)17(20)19-15-9-7-14(18)8-10-15/h4-12H,3H2,1-2H3,(H,19,20). The topological polar surface area (TPSA) is 38.3 Å². The summed E-state index contributed by atoms with van der Waals surface area (Å²) in [6.07, 6.45) is 1.04. The molecule has 2 rings (SSSR count). The number of nitrogens with one attached hydrogen (secondary N) is 1. The minimum absolute atomic E-state index is 0.125. The molecule has 1 N–H and O–H groups in total. The molecule has 2 aromatic carbocycles. The normalized spacial score (nSPS) is 11.8. The van der Waals surface area contributed by atoms with Gasteiger partial charge in [0, 0.05) is 16.3 Å². The molecule has 2 aromatic rings. The Morgan fingerprint density at radius 1 is 1.24 bits per heavy atom. The maximum absolute atomic E-state index is 12.2. The minimum Gasteiger partial charge on any atom is -0.491 e. The van der Waals surface area contributed by atoms with Crippen LogP contribution in [0.5, 0.6) is 5.75 Å². The first kappa shape index (κ1) is 15.4. The Bertz CT molecular complexity index is 610. The number of carbonyl (C=O) groups is 1. The molecule has 0 spiro atoms. The molecule has 0 saturated carbocycles. The Kier molecular flexibility index (Phi) is 5.23. The van der Waals surface area contributed by atoms with E-state index < -0.39 is 0 Å². The second-order valence-corrected chi connectivity index (χ2v) is 5.26. The van der Waals surface area contributed by atoms with E-state index in [9.17, 15) is 4.79 Å². The largest absolute Gasteiger partial charge is 0.491 e. The van der Waals surface area contributed by atoms with Crippen molar-refractivity contribution >= 4 is 23.2 Å². The van der Waals surface area contributed by atoms with Crippen LogP contribution in [0, 0.1) is 0 Å². The SMILES string of the molecule is CCC(C)Oc1cccc(C(=O)Nc2ccc(Cl)cc2)c1. The molecule has 0 fully saturated rings. The Labute approximate surface area is 129 Å². The Hall–Kier alpha value is -2.00. The number of ether oxygens (including phenoxy) is 1. The van der Waals surface area contributed by atoms with Gasteiger partial charge in [0.05, 0.1) is 6.10 Å². The second-order valence-electron chi connectivity index (χ2n) is 4.83. The fourth-order valence-corrected chi connectivity index (χ4v) is 1.89. The van der Waals surface area contributed by atoms with Crippen molar-refractivity contribution < 1.29 is 9.53 Å². The van der Waals surface area contributed by atoms with Crippen LogP contribution >= 0.6 is 11.6 Å². The molecule has 0 aliphatic heterocycles. The van der Waals surface area contributed by atoms with Gasteiger partial charge in [-0.05, 0) is 55.8 Å². The molecule has 1 atom stereocenters. The van der Waals surface area contributed by atoms with Crippen LogP contribution < -0.4 is 10.1 Å². The van der Waals surface area contributed by atoms with Crippen LogP contribution in [0.2, 0.25) is 5.02 Å². The number of amides is 1. The van der Waals surface area contributed by atoms with Crippen molar-refractivity contribution in [1.82, 2.24) is 0 Å². The van der Waals surface area contributed by atoms with Crippen molar-refractivity contribution in [2.75, 3.05) is 5.32 Å². The Morgan fingerprint density at radius 2 is 1.95 bits per heavy atom. The zero-order valence-electron chi connectivity index (χ0n) is 12.1. The first-order valence-electron chi connectivity index (χ1n) is 6.92. The maximum Gasteiger partial charge on any atom is 0.255 e. The molecule has 0 radical (unpaired) electrons. The van der Waals surface area contributed by atoms with Crippen LogP contribution in [0.4, 0.5) is 5.69 Å². The number of anilines is 1. The highest BCUT2D eigenvalue weighted by atomic mass is 35.5. The highest BCUT2D eigenvalue weighted by Gasteiger charge is 2.08. The number of rotatable bonds is 5. The summed E-state index contributed by atoms with van der Waals surface area (Å²) in [5.74, 6) is 0.528. The van der Waals surface area contributed by atoms with E-state index in [1.165, 1.54) is 0 Å². The quantitative estimate of drug-likeness (QED) is 0.864. The molecule has 0 bridgehead atoms. The summed E-state index contributed by atoms with van der Waals surface area (Å²) in [5.41, 5.74) is 1.27. The van der Waals surface area contributed by atoms with Crippen molar-refractivity contribution in [3.63, 3.8) is 0 Å². The van der Waals surface area contributed by atoms with Crippen molar-refractivity contribution in [2.24, 2.45) is 0 Å². The van der Waals surface area contributed by atoms with Gasteiger partial charge in [0.25, 0.3) is 5.91 Å². The first-order valence-corrected chi connectivity index (χ1v) is 7.30. The number of hydrogen-bond donors (Lipinski definition) is 1. The smallest absolute Gasteiger partial charge is 0.255 e. The lowest BCUT2D eigenvalue weighted by molar-refractivity contribution is 0.102. The third kappa shape index (κ3) is 4.50. The van der Waals surface area contributed by atoms with Gasteiger partial charge in [-0.3, -0.25) is 4.79 Å². The molecule has 1 amide bonds. The molecular weight excluding hydrogens is 286 g/mol. The van der Waals surface area contributed by atoms with Gasteiger partial charge >= 0.3 is 0 Å². The number of halogens is 1. The third-order valence-corrected chi connectivity index (χ3v) is 3.36. The van der Waals surface area contributed by atoms with Crippen LogP contribution in [0.3, 0.4) is 0 Å². The van der Waals surface area contributed by atoms with Gasteiger partial charge in [-0.25, -0.2) is 0 Å². The van der Waals surface area contributed by atoms with Crippen molar-refractivity contribution in [1.29, 1.82) is 0 Å². The summed E-state index contributed by atoms with van der Waals surface area (Å²) in [4.78, 5) is 12.2. The van der Waals surface area contributed by atoms with E-state index in [1.807, 2.05) is 19.1 Å². The van der Waals surface area contributed by atoms with E-state index in [4.69, 9.17) is 16.3 Å². The van der Waals surface area contributed by atoms with Crippen molar-refractivity contribution in [3.05, 3.63) is 59.1 Å². The molecular formula is C17H18ClNO2. The predicted octanol–water partition coefficient (Wildman–Crippen LogP) is 4.77. The van der Waals surface area contributed by atoms with E-state index in [0.29, 0.717) is 22.0 Å². The maximum atomic E-state index is 12.2. The predicted molar refractivity (Wildman–Crippen MR) is 86.2 cm³/mol. The van der Waals surface area contributed by atoms with E-state index in [1.54, 1.807) is 36.4 Å². The van der Waals surface area contributed by atoms with Gasteiger partial charge in [0.15, 0.2) is 0 Å². The molecule has 0 saturated heterocycles. The fraction of sp³-hybridized carbons (Fsp3) is 0.235. The van der Waals surface area contributed by atoms with Gasteiger partial charge in [-0.1, -0.05) is 24.6 Å². The monoisotopic (exact) mass is 303 g/mol. The zero-order valence-corrected chi connectivity index (χ0v) is 12.9. The van der Waals surface area contributed by atoms with E-state index >= 15 is 0 Å². The van der Waals surface area contributed by atoms with Crippen molar-refractivity contribution in [3.8, 4) is 5.75 Å². The molecule has 21 heavy (non-hydrogen) atoms. The van der Waals surface area contributed by atoms with Gasteiger partial charge in [-0.2, -0.15) is 0 Å². The molecule has 0 aliphatic rings. The van der Waals surface area contributed by atoms with Crippen LogP contribution in [-0.2, 0) is 0 Å². The van der Waals surface area contributed by atoms with Crippen LogP contribution in [0.25, 0.3) is 0 Å². The van der Waals surface area contributed by atoms with Crippen molar-refractivity contribution in [2.45, 2.75) is 26.4 Å². The third-order valence-electron chi connectivity index (χ3n) is 3.11. The lowest BCUT2D eigenvalue weighted by Crippen LogP contribution is -2.13. The first-order chi connectivity index (χ1) is 10.1. The average molecular weight is 304 g/mol. The Morgan fingerprint density at radius 3 is 2.62 bits per heavy atom. The molecule has 3 nitrogen and oxygen atoms in total. The van der Waals surface area contributed by atoms with E-state index in [2.05, 4.69) is 12.2 Å². The van der Waals surface area contributed by atoms with Crippen LogP contribution in [0.15, 0.2) is 48.5 Å². The minimum atomic E-state index is -0.174. The average Bonchev–Trinajstić information content (AvgIpc) is 2.49. The number of hydrogen-bond acceptors (Lipinski definition) is 2. The molecule has 0 heterocycles. The summed E-state index contributed by atoms with van der Waals surface area (Å²) in [5, 5.41) is 3.46. The molecule has 110 valence electrons. The lowest BCUT2D eigenvalue weighted by atomic mass is 10.2. The number of carbonyl (C=O) groups excluding carboxylic acids is 1. The molecule has 4 heteroatoms. The summed E-state index contributed by atoms with van der Waals surface area (Å²) >= 11 is 5.82.